The van der Waals surface area contributed by atoms with Crippen LogP contribution in [0.15, 0.2) is 10.6 Å². The number of methoxy groups -OCH3 is 1. The summed E-state index contributed by atoms with van der Waals surface area (Å²) in [6.45, 7) is 4.07. The van der Waals surface area contributed by atoms with E-state index >= 15 is 0 Å². The van der Waals surface area contributed by atoms with E-state index in [4.69, 9.17) is 9.26 Å². The largest absolute Gasteiger partial charge is 0.383 e. The van der Waals surface area contributed by atoms with Gasteiger partial charge in [-0.15, -0.1) is 0 Å². The number of carbonyl (C=O) groups excluding carboxylic acids is 1. The molecule has 1 heterocycles. The third kappa shape index (κ3) is 2.85. The molecule has 1 atom stereocenters. The Morgan fingerprint density at radius 2 is 2.50 bits per heavy atom. The summed E-state index contributed by atoms with van der Waals surface area (Å²) in [4.78, 5) is 11.5. The molecule has 0 saturated heterocycles. The number of carbonyl (C=O) groups is 1. The van der Waals surface area contributed by atoms with Crippen LogP contribution in [0.3, 0.4) is 0 Å². The molecule has 5 nitrogen and oxygen atoms in total. The molecule has 0 unspecified atom stereocenters. The molecule has 0 aliphatic carbocycles. The van der Waals surface area contributed by atoms with Crippen molar-refractivity contribution >= 4 is 5.91 Å². The Kier molecular flexibility index (Phi) is 3.64. The molecule has 0 bridgehead atoms. The van der Waals surface area contributed by atoms with Gasteiger partial charge in [-0.1, -0.05) is 5.16 Å². The zero-order valence-electron chi connectivity index (χ0n) is 8.53. The van der Waals surface area contributed by atoms with Crippen LogP contribution in [0, 0.1) is 6.92 Å². The van der Waals surface area contributed by atoms with Crippen molar-refractivity contribution in [2.45, 2.75) is 19.9 Å². The van der Waals surface area contributed by atoms with Gasteiger partial charge in [-0.05, 0) is 13.8 Å². The first-order chi connectivity index (χ1) is 6.63. The number of hydrogen-bond acceptors (Lipinski definition) is 4. The van der Waals surface area contributed by atoms with E-state index in [1.165, 1.54) is 0 Å². The molecule has 0 aliphatic rings. The van der Waals surface area contributed by atoms with Crippen LogP contribution < -0.4 is 5.32 Å². The van der Waals surface area contributed by atoms with Crippen molar-refractivity contribution < 1.29 is 14.1 Å². The zero-order valence-corrected chi connectivity index (χ0v) is 8.53. The molecule has 1 aromatic heterocycles. The smallest absolute Gasteiger partial charge is 0.273 e. The first-order valence-electron chi connectivity index (χ1n) is 4.36. The van der Waals surface area contributed by atoms with E-state index in [2.05, 4.69) is 10.5 Å². The minimum Gasteiger partial charge on any atom is -0.383 e. The lowest BCUT2D eigenvalue weighted by Gasteiger charge is -2.10. The summed E-state index contributed by atoms with van der Waals surface area (Å²) in [7, 11) is 1.59. The van der Waals surface area contributed by atoms with Crippen LogP contribution in [0.2, 0.25) is 0 Å². The molecule has 0 spiro atoms. The summed E-state index contributed by atoms with van der Waals surface area (Å²) in [6, 6.07) is 1.55. The molecule has 0 aliphatic heterocycles. The minimum atomic E-state index is -0.244. The van der Waals surface area contributed by atoms with Crippen molar-refractivity contribution in [1.82, 2.24) is 10.5 Å². The Morgan fingerprint density at radius 3 is 3.00 bits per heavy atom. The number of nitrogens with one attached hydrogen (secondary N) is 1. The summed E-state index contributed by atoms with van der Waals surface area (Å²) in [5.41, 5.74) is 0.297. The van der Waals surface area contributed by atoms with Crippen molar-refractivity contribution in [1.29, 1.82) is 0 Å². The minimum absolute atomic E-state index is 0.0375. The van der Waals surface area contributed by atoms with Gasteiger partial charge in [-0.2, -0.15) is 0 Å². The summed E-state index contributed by atoms with van der Waals surface area (Å²) < 4.78 is 9.67. The Bertz CT molecular complexity index is 309. The molecule has 1 N–H and O–H groups in total. The van der Waals surface area contributed by atoms with Gasteiger partial charge in [0, 0.05) is 19.2 Å². The van der Waals surface area contributed by atoms with E-state index in [0.29, 0.717) is 18.1 Å². The lowest BCUT2D eigenvalue weighted by Crippen LogP contribution is -2.35. The molecule has 0 radical (unpaired) electrons. The van der Waals surface area contributed by atoms with Crippen LogP contribution in [0.1, 0.15) is 23.2 Å². The first kappa shape index (κ1) is 10.7. The number of ether oxygens (including phenoxy) is 1. The van der Waals surface area contributed by atoms with Gasteiger partial charge >= 0.3 is 0 Å². The Balaban J connectivity index is 2.50. The van der Waals surface area contributed by atoms with Crippen molar-refractivity contribution in [2.75, 3.05) is 13.7 Å². The van der Waals surface area contributed by atoms with Crippen LogP contribution in [0.25, 0.3) is 0 Å². The third-order valence-electron chi connectivity index (χ3n) is 1.65. The number of aryl methyl sites for hydroxylation is 1. The average Bonchev–Trinajstić information content (AvgIpc) is 2.52. The number of aromatic nitrogens is 1. The highest BCUT2D eigenvalue weighted by molar-refractivity contribution is 5.92. The van der Waals surface area contributed by atoms with Crippen molar-refractivity contribution in [2.24, 2.45) is 0 Å². The highest BCUT2D eigenvalue weighted by Gasteiger charge is 2.12. The Morgan fingerprint density at radius 1 is 1.79 bits per heavy atom. The van der Waals surface area contributed by atoms with Gasteiger partial charge in [0.15, 0.2) is 5.69 Å². The van der Waals surface area contributed by atoms with Crippen LogP contribution in [0.4, 0.5) is 0 Å². The van der Waals surface area contributed by atoms with Gasteiger partial charge in [0.1, 0.15) is 5.76 Å². The molecule has 1 amide bonds. The number of amides is 1. The lowest BCUT2D eigenvalue weighted by molar-refractivity contribution is 0.0896. The van der Waals surface area contributed by atoms with Crippen LogP contribution in [-0.2, 0) is 4.74 Å². The fourth-order valence-electron chi connectivity index (χ4n) is 1.06. The quantitative estimate of drug-likeness (QED) is 0.775. The van der Waals surface area contributed by atoms with E-state index in [-0.39, 0.29) is 11.9 Å². The van der Waals surface area contributed by atoms with Crippen molar-refractivity contribution in [3.05, 3.63) is 17.5 Å². The standard InChI is InChI=1S/C9H14N2O3/c1-6(5-13-3)10-9(12)8-4-7(2)14-11-8/h4,6H,5H2,1-3H3,(H,10,12)/t6-/m0/s1. The summed E-state index contributed by atoms with van der Waals surface area (Å²) in [5, 5.41) is 6.33. The normalized spacial score (nSPS) is 12.5. The van der Waals surface area contributed by atoms with E-state index in [0.717, 1.165) is 0 Å². The molecule has 5 heteroatoms. The van der Waals surface area contributed by atoms with Crippen LogP contribution in [0.5, 0.6) is 0 Å². The Labute approximate surface area is 82.4 Å². The van der Waals surface area contributed by atoms with Crippen LogP contribution >= 0.6 is 0 Å². The molecule has 0 aromatic carbocycles. The summed E-state index contributed by atoms with van der Waals surface area (Å²) >= 11 is 0. The van der Waals surface area contributed by atoms with Gasteiger partial charge in [0.25, 0.3) is 5.91 Å². The second kappa shape index (κ2) is 4.76. The number of rotatable bonds is 4. The summed E-state index contributed by atoms with van der Waals surface area (Å²) in [5.74, 6) is 0.376. The van der Waals surface area contributed by atoms with Crippen molar-refractivity contribution in [3.8, 4) is 0 Å². The predicted molar refractivity (Wildman–Crippen MR) is 50.0 cm³/mol. The van der Waals surface area contributed by atoms with E-state index in [1.54, 1.807) is 20.1 Å². The lowest BCUT2D eigenvalue weighted by atomic mass is 10.3. The van der Waals surface area contributed by atoms with E-state index in [1.807, 2.05) is 6.92 Å². The molecule has 1 aromatic rings. The average molecular weight is 198 g/mol. The molecule has 78 valence electrons. The number of nitrogens with zero attached hydrogens (tertiary/aromatic N) is 1. The summed E-state index contributed by atoms with van der Waals surface area (Å²) in [6.07, 6.45) is 0. The van der Waals surface area contributed by atoms with Gasteiger partial charge in [0.05, 0.1) is 6.61 Å². The molecule has 0 saturated carbocycles. The first-order valence-corrected chi connectivity index (χ1v) is 4.36. The molecular formula is C9H14N2O3. The highest BCUT2D eigenvalue weighted by atomic mass is 16.5. The maximum Gasteiger partial charge on any atom is 0.273 e. The van der Waals surface area contributed by atoms with Gasteiger partial charge in [-0.3, -0.25) is 4.79 Å². The molecular weight excluding hydrogens is 184 g/mol. The van der Waals surface area contributed by atoms with Crippen molar-refractivity contribution in [3.63, 3.8) is 0 Å². The zero-order chi connectivity index (χ0) is 10.6. The van der Waals surface area contributed by atoms with Gasteiger partial charge < -0.3 is 14.6 Å². The maximum absolute atomic E-state index is 11.5. The second-order valence-electron chi connectivity index (χ2n) is 3.15. The molecule has 1 rings (SSSR count). The van der Waals surface area contributed by atoms with Crippen LogP contribution in [-0.4, -0.2) is 30.8 Å². The Hall–Kier alpha value is -1.36. The third-order valence-corrected chi connectivity index (χ3v) is 1.65. The highest BCUT2D eigenvalue weighted by Crippen LogP contribution is 2.01. The van der Waals surface area contributed by atoms with E-state index < -0.39 is 0 Å². The van der Waals surface area contributed by atoms with E-state index in [9.17, 15) is 4.79 Å². The predicted octanol–water partition coefficient (Wildman–Crippen LogP) is 0.748. The second-order valence-corrected chi connectivity index (χ2v) is 3.15. The SMILES string of the molecule is COC[C@H](C)NC(=O)c1cc(C)on1. The molecule has 14 heavy (non-hydrogen) atoms. The molecule has 0 fully saturated rings. The fourth-order valence-corrected chi connectivity index (χ4v) is 1.06. The number of hydrogen-bond donors (Lipinski definition) is 1. The topological polar surface area (TPSA) is 64.4 Å². The van der Waals surface area contributed by atoms with Gasteiger partial charge in [-0.25, -0.2) is 0 Å². The fraction of sp³-hybridized carbons (Fsp3) is 0.556. The maximum atomic E-state index is 11.5. The van der Waals surface area contributed by atoms with Gasteiger partial charge in [0.2, 0.25) is 0 Å². The monoisotopic (exact) mass is 198 g/mol.